The molecule has 5 heteroatoms. The van der Waals surface area contributed by atoms with E-state index in [1.807, 2.05) is 24.9 Å². The van der Waals surface area contributed by atoms with Gasteiger partial charge in [-0.2, -0.15) is 5.10 Å². The smallest absolute Gasteiger partial charge is 0.171 e. The molecule has 1 aromatic rings. The van der Waals surface area contributed by atoms with E-state index in [1.54, 1.807) is 0 Å². The molecule has 0 radical (unpaired) electrons. The fourth-order valence-electron chi connectivity index (χ4n) is 2.21. The third-order valence-corrected chi connectivity index (χ3v) is 3.64. The van der Waals surface area contributed by atoms with Gasteiger partial charge in [-0.25, -0.2) is 0 Å². The van der Waals surface area contributed by atoms with Gasteiger partial charge in [-0.05, 0) is 32.0 Å². The third kappa shape index (κ3) is 3.19. The van der Waals surface area contributed by atoms with Gasteiger partial charge in [-0.1, -0.05) is 19.3 Å². The Balaban J connectivity index is 1.86. The third-order valence-electron chi connectivity index (χ3n) is 3.42. The number of hydrogen-bond acceptors (Lipinski definition) is 2. The van der Waals surface area contributed by atoms with Gasteiger partial charge < -0.3 is 10.6 Å². The lowest BCUT2D eigenvalue weighted by Crippen LogP contribution is -2.38. The van der Waals surface area contributed by atoms with Crippen molar-refractivity contribution in [2.24, 2.45) is 7.05 Å². The summed E-state index contributed by atoms with van der Waals surface area (Å²) in [6.45, 7) is 2.03. The summed E-state index contributed by atoms with van der Waals surface area (Å²) < 4.78 is 1.84. The van der Waals surface area contributed by atoms with Crippen LogP contribution in [0.2, 0.25) is 0 Å². The molecule has 1 aliphatic carbocycles. The fraction of sp³-hybridized carbons (Fsp3) is 0.667. The Morgan fingerprint density at radius 1 is 1.41 bits per heavy atom. The van der Waals surface area contributed by atoms with E-state index in [-0.39, 0.29) is 0 Å². The Labute approximate surface area is 108 Å². The van der Waals surface area contributed by atoms with E-state index < -0.39 is 0 Å². The molecule has 0 spiro atoms. The molecule has 1 aliphatic rings. The summed E-state index contributed by atoms with van der Waals surface area (Å²) in [6.07, 6.45) is 8.25. The number of aryl methyl sites for hydroxylation is 1. The lowest BCUT2D eigenvalue weighted by molar-refractivity contribution is 0.415. The summed E-state index contributed by atoms with van der Waals surface area (Å²) in [5, 5.41) is 11.5. The van der Waals surface area contributed by atoms with Crippen LogP contribution >= 0.6 is 12.2 Å². The van der Waals surface area contributed by atoms with E-state index >= 15 is 0 Å². The SMILES string of the molecule is Cc1c(NC(=S)NC2CCCCC2)cnn1C. The molecule has 0 bridgehead atoms. The highest BCUT2D eigenvalue weighted by Gasteiger charge is 2.14. The average molecular weight is 252 g/mol. The van der Waals surface area contributed by atoms with Gasteiger partial charge in [0.2, 0.25) is 0 Å². The summed E-state index contributed by atoms with van der Waals surface area (Å²) in [4.78, 5) is 0. The summed E-state index contributed by atoms with van der Waals surface area (Å²) in [5.74, 6) is 0. The first kappa shape index (κ1) is 12.4. The summed E-state index contributed by atoms with van der Waals surface area (Å²) in [7, 11) is 1.93. The Morgan fingerprint density at radius 2 is 2.12 bits per heavy atom. The molecule has 4 nitrogen and oxygen atoms in total. The van der Waals surface area contributed by atoms with E-state index in [0.717, 1.165) is 11.4 Å². The Hall–Kier alpha value is -1.10. The van der Waals surface area contributed by atoms with Crippen molar-refractivity contribution in [3.05, 3.63) is 11.9 Å². The van der Waals surface area contributed by atoms with E-state index in [4.69, 9.17) is 12.2 Å². The second kappa shape index (κ2) is 5.49. The van der Waals surface area contributed by atoms with Crippen molar-refractivity contribution in [3.8, 4) is 0 Å². The quantitative estimate of drug-likeness (QED) is 0.793. The maximum absolute atomic E-state index is 5.33. The molecule has 0 aromatic carbocycles. The molecule has 2 rings (SSSR count). The number of thiocarbonyl (C=S) groups is 1. The molecule has 1 fully saturated rings. The fourth-order valence-corrected chi connectivity index (χ4v) is 2.49. The van der Waals surface area contributed by atoms with Crippen molar-refractivity contribution in [1.29, 1.82) is 0 Å². The van der Waals surface area contributed by atoms with Crippen LogP contribution in [0.5, 0.6) is 0 Å². The number of nitrogens with one attached hydrogen (secondary N) is 2. The normalized spacial score (nSPS) is 16.8. The van der Waals surface area contributed by atoms with Gasteiger partial charge >= 0.3 is 0 Å². The van der Waals surface area contributed by atoms with Crippen LogP contribution < -0.4 is 10.6 Å². The van der Waals surface area contributed by atoms with Crippen LogP contribution in [0.25, 0.3) is 0 Å². The van der Waals surface area contributed by atoms with E-state index in [9.17, 15) is 0 Å². The lowest BCUT2D eigenvalue weighted by Gasteiger charge is -2.24. The molecule has 1 heterocycles. The highest BCUT2D eigenvalue weighted by atomic mass is 32.1. The van der Waals surface area contributed by atoms with Gasteiger partial charge in [0.25, 0.3) is 0 Å². The molecule has 2 N–H and O–H groups in total. The van der Waals surface area contributed by atoms with Gasteiger partial charge in [0, 0.05) is 13.1 Å². The molecule has 0 amide bonds. The average Bonchev–Trinajstić information content (AvgIpc) is 2.62. The predicted molar refractivity (Wildman–Crippen MR) is 74.2 cm³/mol. The number of anilines is 1. The van der Waals surface area contributed by atoms with Crippen LogP contribution in [0.4, 0.5) is 5.69 Å². The first-order valence-electron chi connectivity index (χ1n) is 6.23. The second-order valence-electron chi connectivity index (χ2n) is 4.70. The molecule has 17 heavy (non-hydrogen) atoms. The van der Waals surface area contributed by atoms with Crippen molar-refractivity contribution in [2.75, 3.05) is 5.32 Å². The zero-order chi connectivity index (χ0) is 12.3. The van der Waals surface area contributed by atoms with E-state index in [2.05, 4.69) is 15.7 Å². The van der Waals surface area contributed by atoms with E-state index in [1.165, 1.54) is 32.1 Å². The zero-order valence-corrected chi connectivity index (χ0v) is 11.3. The van der Waals surface area contributed by atoms with Gasteiger partial charge in [-0.15, -0.1) is 0 Å². The molecule has 0 saturated heterocycles. The van der Waals surface area contributed by atoms with Crippen LogP contribution in [0.1, 0.15) is 37.8 Å². The Morgan fingerprint density at radius 3 is 2.71 bits per heavy atom. The minimum absolute atomic E-state index is 0.542. The molecular formula is C12H20N4S. The van der Waals surface area contributed by atoms with Crippen molar-refractivity contribution in [3.63, 3.8) is 0 Å². The molecule has 1 aromatic heterocycles. The minimum atomic E-state index is 0.542. The molecule has 1 saturated carbocycles. The van der Waals surface area contributed by atoms with Crippen molar-refractivity contribution >= 4 is 23.0 Å². The van der Waals surface area contributed by atoms with Crippen LogP contribution in [-0.4, -0.2) is 20.9 Å². The maximum atomic E-state index is 5.33. The number of hydrogen-bond donors (Lipinski definition) is 2. The van der Waals surface area contributed by atoms with Crippen LogP contribution in [0.15, 0.2) is 6.20 Å². The highest BCUT2D eigenvalue weighted by molar-refractivity contribution is 7.80. The maximum Gasteiger partial charge on any atom is 0.171 e. The van der Waals surface area contributed by atoms with Crippen molar-refractivity contribution in [1.82, 2.24) is 15.1 Å². The molecule has 0 unspecified atom stereocenters. The lowest BCUT2D eigenvalue weighted by atomic mass is 9.96. The van der Waals surface area contributed by atoms with Gasteiger partial charge in [0.05, 0.1) is 17.6 Å². The van der Waals surface area contributed by atoms with E-state index in [0.29, 0.717) is 11.2 Å². The summed E-state index contributed by atoms with van der Waals surface area (Å²) in [6, 6.07) is 0.542. The van der Waals surface area contributed by atoms with Crippen LogP contribution in [-0.2, 0) is 7.05 Å². The van der Waals surface area contributed by atoms with Crippen molar-refractivity contribution < 1.29 is 0 Å². The number of aromatic nitrogens is 2. The molecule has 94 valence electrons. The summed E-state index contributed by atoms with van der Waals surface area (Å²) >= 11 is 5.33. The van der Waals surface area contributed by atoms with Crippen LogP contribution in [0, 0.1) is 6.92 Å². The molecule has 0 atom stereocenters. The Bertz CT molecular complexity index is 393. The minimum Gasteiger partial charge on any atom is -0.360 e. The van der Waals surface area contributed by atoms with Gasteiger partial charge in [-0.3, -0.25) is 4.68 Å². The standard InChI is InChI=1S/C12H20N4S/c1-9-11(8-13-16(9)2)15-12(17)14-10-6-4-3-5-7-10/h8,10H,3-7H2,1-2H3,(H2,14,15,17). The highest BCUT2D eigenvalue weighted by Crippen LogP contribution is 2.18. The first-order valence-corrected chi connectivity index (χ1v) is 6.64. The molecule has 0 aliphatic heterocycles. The number of rotatable bonds is 2. The summed E-state index contributed by atoms with van der Waals surface area (Å²) in [5.41, 5.74) is 2.08. The zero-order valence-electron chi connectivity index (χ0n) is 10.5. The number of nitrogens with zero attached hydrogens (tertiary/aromatic N) is 2. The first-order chi connectivity index (χ1) is 8.16. The van der Waals surface area contributed by atoms with Crippen LogP contribution in [0.3, 0.4) is 0 Å². The van der Waals surface area contributed by atoms with Gasteiger partial charge in [0.15, 0.2) is 5.11 Å². The van der Waals surface area contributed by atoms with Crippen molar-refractivity contribution in [2.45, 2.75) is 45.1 Å². The largest absolute Gasteiger partial charge is 0.360 e. The second-order valence-corrected chi connectivity index (χ2v) is 5.11. The Kier molecular flexibility index (Phi) is 3.99. The predicted octanol–water partition coefficient (Wildman–Crippen LogP) is 2.35. The molecular weight excluding hydrogens is 232 g/mol. The van der Waals surface area contributed by atoms with Gasteiger partial charge in [0.1, 0.15) is 0 Å². The topological polar surface area (TPSA) is 41.9 Å². The monoisotopic (exact) mass is 252 g/mol.